The van der Waals surface area contributed by atoms with Crippen LogP contribution in [0.5, 0.6) is 5.75 Å². The van der Waals surface area contributed by atoms with E-state index in [-0.39, 0.29) is 31.0 Å². The van der Waals surface area contributed by atoms with Crippen LogP contribution in [0.25, 0.3) is 0 Å². The molecule has 1 fully saturated rings. The van der Waals surface area contributed by atoms with Gasteiger partial charge >= 0.3 is 0 Å². The molecule has 0 saturated carbocycles. The number of carbonyl (C=O) groups is 1. The van der Waals surface area contributed by atoms with E-state index in [1.807, 2.05) is 56.9 Å². The molecule has 0 aromatic heterocycles. The van der Waals surface area contributed by atoms with Gasteiger partial charge in [0, 0.05) is 31.6 Å². The Morgan fingerprint density at radius 3 is 2.89 bits per heavy atom. The van der Waals surface area contributed by atoms with Crippen LogP contribution in [0, 0.1) is 12.8 Å². The van der Waals surface area contributed by atoms with Crippen LogP contribution in [0.1, 0.15) is 32.8 Å². The number of hydrogen-bond donors (Lipinski definition) is 3. The third-order valence-corrected chi connectivity index (χ3v) is 4.57. The van der Waals surface area contributed by atoms with Gasteiger partial charge in [-0.05, 0) is 38.0 Å². The molecule has 156 valence electrons. The standard InChI is InChI=1S/C21H34N4O3/c1-5-22-21(24-17-9-10-25(13-17)20(27)15(2)3)23-12-18(26)14-28-19-8-6-7-16(4)11-19/h6-8,11,15,17-18,26H,5,9-10,12-14H2,1-4H3,(H2,22,23,24). The molecular formula is C21H34N4O3. The van der Waals surface area contributed by atoms with Crippen molar-refractivity contribution in [1.82, 2.24) is 15.5 Å². The molecule has 0 spiro atoms. The molecule has 3 N–H and O–H groups in total. The number of benzene rings is 1. The molecule has 1 amide bonds. The Morgan fingerprint density at radius 1 is 1.43 bits per heavy atom. The highest BCUT2D eigenvalue weighted by Gasteiger charge is 2.28. The van der Waals surface area contributed by atoms with E-state index >= 15 is 0 Å². The summed E-state index contributed by atoms with van der Waals surface area (Å²) in [4.78, 5) is 18.5. The summed E-state index contributed by atoms with van der Waals surface area (Å²) in [6.45, 7) is 10.4. The fourth-order valence-electron chi connectivity index (χ4n) is 3.10. The van der Waals surface area contributed by atoms with Crippen LogP contribution >= 0.6 is 0 Å². The van der Waals surface area contributed by atoms with Gasteiger partial charge in [0.1, 0.15) is 18.5 Å². The molecule has 1 aromatic rings. The molecule has 2 atom stereocenters. The minimum atomic E-state index is -0.696. The van der Waals surface area contributed by atoms with Gasteiger partial charge in [0.15, 0.2) is 5.96 Å². The average molecular weight is 391 g/mol. The lowest BCUT2D eigenvalue weighted by molar-refractivity contribution is -0.133. The Balaban J connectivity index is 1.82. The largest absolute Gasteiger partial charge is 0.491 e. The number of nitrogens with one attached hydrogen (secondary N) is 2. The predicted molar refractivity (Wildman–Crippen MR) is 112 cm³/mol. The quantitative estimate of drug-likeness (QED) is 0.463. The Kier molecular flexibility index (Phi) is 8.57. The van der Waals surface area contributed by atoms with Crippen molar-refractivity contribution in [3.05, 3.63) is 29.8 Å². The van der Waals surface area contributed by atoms with Gasteiger partial charge in [-0.15, -0.1) is 0 Å². The monoisotopic (exact) mass is 390 g/mol. The molecule has 2 rings (SSSR count). The molecule has 0 radical (unpaired) electrons. The van der Waals surface area contributed by atoms with E-state index in [1.165, 1.54) is 0 Å². The normalized spacial score (nSPS) is 18.3. The minimum Gasteiger partial charge on any atom is -0.491 e. The number of rotatable bonds is 8. The summed E-state index contributed by atoms with van der Waals surface area (Å²) in [6, 6.07) is 7.91. The second-order valence-corrected chi connectivity index (χ2v) is 7.57. The first-order chi connectivity index (χ1) is 13.4. The van der Waals surface area contributed by atoms with E-state index in [0.717, 1.165) is 30.8 Å². The van der Waals surface area contributed by atoms with Gasteiger partial charge in [0.2, 0.25) is 5.91 Å². The van der Waals surface area contributed by atoms with Crippen LogP contribution in [0.2, 0.25) is 0 Å². The Labute approximate surface area is 168 Å². The molecular weight excluding hydrogens is 356 g/mol. The number of aryl methyl sites for hydroxylation is 1. The number of aliphatic hydroxyl groups is 1. The molecule has 7 heteroatoms. The van der Waals surface area contributed by atoms with Gasteiger partial charge in [-0.1, -0.05) is 26.0 Å². The minimum absolute atomic E-state index is 0.0178. The van der Waals surface area contributed by atoms with Crippen LogP contribution in [-0.4, -0.2) is 66.8 Å². The van der Waals surface area contributed by atoms with Crippen molar-refractivity contribution < 1.29 is 14.6 Å². The molecule has 1 heterocycles. The van der Waals surface area contributed by atoms with Crippen molar-refractivity contribution in [2.24, 2.45) is 10.9 Å². The van der Waals surface area contributed by atoms with E-state index in [2.05, 4.69) is 15.6 Å². The molecule has 1 aliphatic rings. The lowest BCUT2D eigenvalue weighted by atomic mass is 10.2. The van der Waals surface area contributed by atoms with Crippen LogP contribution in [0.15, 0.2) is 29.3 Å². The number of aliphatic hydroxyl groups excluding tert-OH is 1. The first-order valence-corrected chi connectivity index (χ1v) is 10.1. The highest BCUT2D eigenvalue weighted by atomic mass is 16.5. The summed E-state index contributed by atoms with van der Waals surface area (Å²) >= 11 is 0. The number of amides is 1. The lowest BCUT2D eigenvalue weighted by Crippen LogP contribution is -2.45. The van der Waals surface area contributed by atoms with Gasteiger partial charge in [-0.2, -0.15) is 0 Å². The fraction of sp³-hybridized carbons (Fsp3) is 0.619. The highest BCUT2D eigenvalue weighted by molar-refractivity contribution is 5.81. The molecule has 1 saturated heterocycles. The number of carbonyl (C=O) groups excluding carboxylic acids is 1. The zero-order chi connectivity index (χ0) is 20.5. The van der Waals surface area contributed by atoms with Gasteiger partial charge < -0.3 is 25.4 Å². The van der Waals surface area contributed by atoms with E-state index in [0.29, 0.717) is 12.5 Å². The maximum atomic E-state index is 12.1. The zero-order valence-corrected chi connectivity index (χ0v) is 17.4. The highest BCUT2D eigenvalue weighted by Crippen LogP contribution is 2.13. The third kappa shape index (κ3) is 7.03. The number of aliphatic imine (C=N–C) groups is 1. The zero-order valence-electron chi connectivity index (χ0n) is 17.4. The summed E-state index contributed by atoms with van der Waals surface area (Å²) < 4.78 is 5.63. The Hall–Kier alpha value is -2.28. The van der Waals surface area contributed by atoms with Gasteiger partial charge in [0.25, 0.3) is 0 Å². The maximum Gasteiger partial charge on any atom is 0.225 e. The van der Waals surface area contributed by atoms with Crippen LogP contribution in [-0.2, 0) is 4.79 Å². The maximum absolute atomic E-state index is 12.1. The number of likely N-dealkylation sites (tertiary alicyclic amines) is 1. The molecule has 1 aromatic carbocycles. The number of guanidine groups is 1. The molecule has 7 nitrogen and oxygen atoms in total. The summed E-state index contributed by atoms with van der Waals surface area (Å²) in [5, 5.41) is 16.8. The molecule has 2 unspecified atom stereocenters. The molecule has 0 aliphatic carbocycles. The van der Waals surface area contributed by atoms with Gasteiger partial charge in [-0.25, -0.2) is 0 Å². The summed E-state index contributed by atoms with van der Waals surface area (Å²) in [6.07, 6.45) is 0.195. The van der Waals surface area contributed by atoms with Crippen molar-refractivity contribution in [3.63, 3.8) is 0 Å². The predicted octanol–water partition coefficient (Wildman–Crippen LogP) is 1.55. The fourth-order valence-corrected chi connectivity index (χ4v) is 3.10. The summed E-state index contributed by atoms with van der Waals surface area (Å²) in [5.41, 5.74) is 1.12. The Morgan fingerprint density at radius 2 is 2.21 bits per heavy atom. The number of ether oxygens (including phenoxy) is 1. The second kappa shape index (κ2) is 10.9. The first kappa shape index (κ1) is 22.0. The topological polar surface area (TPSA) is 86.2 Å². The van der Waals surface area contributed by atoms with Crippen molar-refractivity contribution in [2.45, 2.75) is 46.3 Å². The van der Waals surface area contributed by atoms with E-state index in [9.17, 15) is 9.90 Å². The SMILES string of the molecule is CCNC(=NCC(O)COc1cccc(C)c1)NC1CCN(C(=O)C(C)C)C1. The van der Waals surface area contributed by atoms with Crippen molar-refractivity contribution >= 4 is 11.9 Å². The van der Waals surface area contributed by atoms with E-state index in [1.54, 1.807) is 0 Å². The van der Waals surface area contributed by atoms with Gasteiger partial charge in [0.05, 0.1) is 6.54 Å². The molecule has 1 aliphatic heterocycles. The van der Waals surface area contributed by atoms with Gasteiger partial charge in [-0.3, -0.25) is 9.79 Å². The molecule has 0 bridgehead atoms. The molecule has 28 heavy (non-hydrogen) atoms. The van der Waals surface area contributed by atoms with Crippen LogP contribution < -0.4 is 15.4 Å². The third-order valence-electron chi connectivity index (χ3n) is 4.57. The van der Waals surface area contributed by atoms with Crippen LogP contribution in [0.4, 0.5) is 0 Å². The lowest BCUT2D eigenvalue weighted by Gasteiger charge is -2.20. The number of nitrogens with zero attached hydrogens (tertiary/aromatic N) is 2. The van der Waals surface area contributed by atoms with Crippen LogP contribution in [0.3, 0.4) is 0 Å². The second-order valence-electron chi connectivity index (χ2n) is 7.57. The first-order valence-electron chi connectivity index (χ1n) is 10.1. The van der Waals surface area contributed by atoms with E-state index in [4.69, 9.17) is 4.74 Å². The summed E-state index contributed by atoms with van der Waals surface area (Å²) in [5.74, 6) is 1.61. The van der Waals surface area contributed by atoms with E-state index < -0.39 is 6.10 Å². The van der Waals surface area contributed by atoms with Crippen molar-refractivity contribution in [1.29, 1.82) is 0 Å². The summed E-state index contributed by atoms with van der Waals surface area (Å²) in [7, 11) is 0. The van der Waals surface area contributed by atoms with Crippen molar-refractivity contribution in [3.8, 4) is 5.75 Å². The van der Waals surface area contributed by atoms with Crippen molar-refractivity contribution in [2.75, 3.05) is 32.8 Å². The average Bonchev–Trinajstić information content (AvgIpc) is 3.12. The number of hydrogen-bond acceptors (Lipinski definition) is 4. The smallest absolute Gasteiger partial charge is 0.225 e. The Bertz CT molecular complexity index is 663.